The van der Waals surface area contributed by atoms with Gasteiger partial charge in [-0.3, -0.25) is 4.79 Å². The van der Waals surface area contributed by atoms with E-state index in [1.165, 1.54) is 12.1 Å². The average molecular weight is 296 g/mol. The monoisotopic (exact) mass is 296 g/mol. The van der Waals surface area contributed by atoms with Crippen molar-refractivity contribution in [2.45, 2.75) is 12.3 Å². The number of nitrogens with zero attached hydrogens (tertiary/aromatic N) is 2. The van der Waals surface area contributed by atoms with Crippen LogP contribution in [0.2, 0.25) is 0 Å². The lowest BCUT2D eigenvalue weighted by Gasteiger charge is -2.15. The van der Waals surface area contributed by atoms with E-state index < -0.39 is 0 Å². The summed E-state index contributed by atoms with van der Waals surface area (Å²) in [6, 6.07) is 13.5. The van der Waals surface area contributed by atoms with Gasteiger partial charge in [-0.15, -0.1) is 0 Å². The fourth-order valence-corrected chi connectivity index (χ4v) is 2.81. The molecule has 0 N–H and O–H groups in total. The van der Waals surface area contributed by atoms with Crippen molar-refractivity contribution in [2.75, 3.05) is 11.4 Å². The highest BCUT2D eigenvalue weighted by molar-refractivity contribution is 5.96. The Kier molecular flexibility index (Phi) is 2.92. The van der Waals surface area contributed by atoms with Gasteiger partial charge in [0.15, 0.2) is 5.58 Å². The lowest BCUT2D eigenvalue weighted by atomic mass is 10.1. The third-order valence-corrected chi connectivity index (χ3v) is 3.92. The van der Waals surface area contributed by atoms with Crippen molar-refractivity contribution in [3.63, 3.8) is 0 Å². The van der Waals surface area contributed by atoms with Crippen LogP contribution in [0.3, 0.4) is 0 Å². The highest BCUT2D eigenvalue weighted by atomic mass is 19.1. The molecule has 1 fully saturated rings. The molecule has 0 spiro atoms. The minimum Gasteiger partial charge on any atom is -0.440 e. The zero-order valence-corrected chi connectivity index (χ0v) is 11.7. The van der Waals surface area contributed by atoms with Gasteiger partial charge < -0.3 is 9.32 Å². The maximum Gasteiger partial charge on any atom is 0.227 e. The number of hydrogen-bond acceptors (Lipinski definition) is 3. The predicted octanol–water partition coefficient (Wildman–Crippen LogP) is 3.49. The van der Waals surface area contributed by atoms with Crippen molar-refractivity contribution in [2.24, 2.45) is 0 Å². The number of rotatable bonds is 2. The Morgan fingerprint density at radius 2 is 1.91 bits per heavy atom. The van der Waals surface area contributed by atoms with Gasteiger partial charge in [0.1, 0.15) is 11.3 Å². The van der Waals surface area contributed by atoms with Crippen LogP contribution in [0.4, 0.5) is 10.1 Å². The van der Waals surface area contributed by atoms with Crippen LogP contribution in [0.1, 0.15) is 18.2 Å². The molecule has 1 aliphatic rings. The molecular weight excluding hydrogens is 283 g/mol. The Labute approximate surface area is 126 Å². The van der Waals surface area contributed by atoms with E-state index in [4.69, 9.17) is 4.42 Å². The van der Waals surface area contributed by atoms with Crippen molar-refractivity contribution in [3.05, 3.63) is 60.2 Å². The average Bonchev–Trinajstić information content (AvgIpc) is 3.11. The minimum absolute atomic E-state index is 0.00105. The van der Waals surface area contributed by atoms with Crippen LogP contribution in [0.15, 0.2) is 52.9 Å². The molecule has 1 atom stereocenters. The number of anilines is 1. The van der Waals surface area contributed by atoms with Gasteiger partial charge >= 0.3 is 0 Å². The second kappa shape index (κ2) is 4.94. The maximum absolute atomic E-state index is 13.0. The third-order valence-electron chi connectivity index (χ3n) is 3.92. The Hall–Kier alpha value is -2.69. The minimum atomic E-state index is -0.314. The van der Waals surface area contributed by atoms with E-state index in [9.17, 15) is 9.18 Å². The molecule has 2 heterocycles. The highest BCUT2D eigenvalue weighted by Crippen LogP contribution is 2.32. The molecule has 3 aromatic rings. The summed E-state index contributed by atoms with van der Waals surface area (Å²) in [7, 11) is 0. The van der Waals surface area contributed by atoms with Gasteiger partial charge in [-0.25, -0.2) is 9.37 Å². The van der Waals surface area contributed by atoms with Crippen LogP contribution in [-0.2, 0) is 4.79 Å². The van der Waals surface area contributed by atoms with Crippen LogP contribution in [-0.4, -0.2) is 17.4 Å². The summed E-state index contributed by atoms with van der Waals surface area (Å²) in [5, 5.41) is 0. The summed E-state index contributed by atoms with van der Waals surface area (Å²) >= 11 is 0. The molecule has 5 heteroatoms. The molecule has 1 aliphatic heterocycles. The normalized spacial score (nSPS) is 18.3. The maximum atomic E-state index is 13.0. The first-order chi connectivity index (χ1) is 10.7. The van der Waals surface area contributed by atoms with E-state index in [0.29, 0.717) is 24.5 Å². The Balaban J connectivity index is 1.62. The Morgan fingerprint density at radius 1 is 1.14 bits per heavy atom. The van der Waals surface area contributed by atoms with Crippen LogP contribution in [0.5, 0.6) is 0 Å². The van der Waals surface area contributed by atoms with E-state index in [-0.39, 0.29) is 17.6 Å². The SMILES string of the molecule is O=C1C[C@@H](c2nc3ccccc3o2)CN1c1ccc(F)cc1. The quantitative estimate of drug-likeness (QED) is 0.727. The molecule has 0 saturated carbocycles. The molecule has 1 amide bonds. The molecule has 110 valence electrons. The van der Waals surface area contributed by atoms with Gasteiger partial charge in [-0.2, -0.15) is 0 Å². The van der Waals surface area contributed by atoms with Gasteiger partial charge in [0.2, 0.25) is 11.8 Å². The molecule has 1 aromatic heterocycles. The second-order valence-corrected chi connectivity index (χ2v) is 5.40. The number of fused-ring (bicyclic) bond motifs is 1. The molecule has 0 bridgehead atoms. The first-order valence-electron chi connectivity index (χ1n) is 7.12. The number of carbonyl (C=O) groups is 1. The summed E-state index contributed by atoms with van der Waals surface area (Å²) in [6.45, 7) is 0.497. The van der Waals surface area contributed by atoms with Crippen molar-refractivity contribution in [1.29, 1.82) is 0 Å². The first-order valence-corrected chi connectivity index (χ1v) is 7.12. The zero-order chi connectivity index (χ0) is 15.1. The molecule has 1 saturated heterocycles. The summed E-state index contributed by atoms with van der Waals surface area (Å²) in [6.07, 6.45) is 0.351. The molecule has 4 rings (SSSR count). The topological polar surface area (TPSA) is 46.3 Å². The number of oxazole rings is 1. The van der Waals surface area contributed by atoms with Gasteiger partial charge in [-0.1, -0.05) is 12.1 Å². The van der Waals surface area contributed by atoms with Crippen LogP contribution >= 0.6 is 0 Å². The fraction of sp³-hybridized carbons (Fsp3) is 0.176. The number of aromatic nitrogens is 1. The smallest absolute Gasteiger partial charge is 0.227 e. The zero-order valence-electron chi connectivity index (χ0n) is 11.7. The number of amides is 1. The summed E-state index contributed by atoms with van der Waals surface area (Å²) in [4.78, 5) is 18.3. The van der Waals surface area contributed by atoms with E-state index in [0.717, 1.165) is 11.1 Å². The summed E-state index contributed by atoms with van der Waals surface area (Å²) < 4.78 is 18.8. The lowest BCUT2D eigenvalue weighted by Crippen LogP contribution is -2.24. The third kappa shape index (κ3) is 2.15. The van der Waals surface area contributed by atoms with Gasteiger partial charge in [-0.05, 0) is 36.4 Å². The number of benzene rings is 2. The number of halogens is 1. The fourth-order valence-electron chi connectivity index (χ4n) is 2.81. The molecular formula is C17H13FN2O2. The van der Waals surface area contributed by atoms with E-state index in [1.54, 1.807) is 17.0 Å². The van der Waals surface area contributed by atoms with Gasteiger partial charge in [0, 0.05) is 18.7 Å². The van der Waals surface area contributed by atoms with Crippen LogP contribution in [0.25, 0.3) is 11.1 Å². The second-order valence-electron chi connectivity index (χ2n) is 5.40. The van der Waals surface area contributed by atoms with Crippen molar-refractivity contribution < 1.29 is 13.6 Å². The summed E-state index contributed by atoms with van der Waals surface area (Å²) in [5.41, 5.74) is 2.22. The Morgan fingerprint density at radius 3 is 2.68 bits per heavy atom. The van der Waals surface area contributed by atoms with Crippen LogP contribution in [0, 0.1) is 5.82 Å². The van der Waals surface area contributed by atoms with E-state index in [1.807, 2.05) is 24.3 Å². The molecule has 2 aromatic carbocycles. The number of para-hydroxylation sites is 2. The standard InChI is InChI=1S/C17H13FN2O2/c18-12-5-7-13(8-6-12)20-10-11(9-16(20)21)17-19-14-3-1-2-4-15(14)22-17/h1-8,11H,9-10H2/t11-/m1/s1. The molecule has 0 aliphatic carbocycles. The Bertz CT molecular complexity index is 808. The van der Waals surface area contributed by atoms with Crippen molar-refractivity contribution >= 4 is 22.7 Å². The van der Waals surface area contributed by atoms with Crippen LogP contribution < -0.4 is 4.90 Å². The van der Waals surface area contributed by atoms with Gasteiger partial charge in [0.05, 0.1) is 5.92 Å². The molecule has 0 unspecified atom stereocenters. The number of hydrogen-bond donors (Lipinski definition) is 0. The predicted molar refractivity (Wildman–Crippen MR) is 80.1 cm³/mol. The molecule has 0 radical (unpaired) electrons. The van der Waals surface area contributed by atoms with Crippen molar-refractivity contribution in [3.8, 4) is 0 Å². The first kappa shape index (κ1) is 13.0. The molecule has 4 nitrogen and oxygen atoms in total. The number of carbonyl (C=O) groups excluding carboxylic acids is 1. The lowest BCUT2D eigenvalue weighted by molar-refractivity contribution is -0.117. The van der Waals surface area contributed by atoms with Gasteiger partial charge in [0.25, 0.3) is 0 Å². The molecule has 22 heavy (non-hydrogen) atoms. The van der Waals surface area contributed by atoms with E-state index >= 15 is 0 Å². The highest BCUT2D eigenvalue weighted by Gasteiger charge is 2.34. The summed E-state index contributed by atoms with van der Waals surface area (Å²) in [5.74, 6) is 0.189. The largest absolute Gasteiger partial charge is 0.440 e. The van der Waals surface area contributed by atoms with E-state index in [2.05, 4.69) is 4.98 Å². The van der Waals surface area contributed by atoms with Crippen molar-refractivity contribution in [1.82, 2.24) is 4.98 Å².